The molecule has 1 aliphatic rings. The average Bonchev–Trinajstić information content (AvgIpc) is 2.71. The van der Waals surface area contributed by atoms with E-state index in [9.17, 15) is 9.59 Å². The molecule has 148 valence electrons. The van der Waals surface area contributed by atoms with Gasteiger partial charge >= 0.3 is 5.97 Å². The molecule has 2 aromatic carbocycles. The third-order valence-corrected chi connectivity index (χ3v) is 5.65. The number of benzene rings is 2. The van der Waals surface area contributed by atoms with Crippen molar-refractivity contribution in [3.8, 4) is 0 Å². The predicted molar refractivity (Wildman–Crippen MR) is 107 cm³/mol. The van der Waals surface area contributed by atoms with E-state index in [1.54, 1.807) is 0 Å². The number of carbonyl (C=O) groups is 2. The summed E-state index contributed by atoms with van der Waals surface area (Å²) in [5.41, 5.74) is 1.88. The van der Waals surface area contributed by atoms with Crippen LogP contribution in [0.4, 0.5) is 0 Å². The Morgan fingerprint density at radius 3 is 1.93 bits per heavy atom. The Labute approximate surface area is 166 Å². The van der Waals surface area contributed by atoms with Gasteiger partial charge in [0.25, 0.3) is 6.47 Å². The molecule has 1 saturated carbocycles. The van der Waals surface area contributed by atoms with Gasteiger partial charge in [-0.25, -0.2) is 0 Å². The summed E-state index contributed by atoms with van der Waals surface area (Å²) in [5, 5.41) is 0. The Bertz CT molecular complexity index is 760. The summed E-state index contributed by atoms with van der Waals surface area (Å²) < 4.78 is 11.4. The van der Waals surface area contributed by atoms with E-state index in [1.165, 1.54) is 0 Å². The highest BCUT2D eigenvalue weighted by atomic mass is 16.6. The van der Waals surface area contributed by atoms with Crippen molar-refractivity contribution in [1.29, 1.82) is 0 Å². The van der Waals surface area contributed by atoms with Gasteiger partial charge in [0.2, 0.25) is 0 Å². The first kappa shape index (κ1) is 20.1. The molecular weight excluding hydrogens is 352 g/mol. The van der Waals surface area contributed by atoms with Crippen LogP contribution >= 0.6 is 0 Å². The number of carbonyl (C=O) groups excluding carboxylic acids is 2. The quantitative estimate of drug-likeness (QED) is 0.477. The molecule has 3 rings (SSSR count). The van der Waals surface area contributed by atoms with Gasteiger partial charge in [-0.05, 0) is 42.2 Å². The summed E-state index contributed by atoms with van der Waals surface area (Å²) in [6, 6.07) is 18.9. The van der Waals surface area contributed by atoms with E-state index in [-0.39, 0.29) is 17.3 Å². The van der Waals surface area contributed by atoms with Crippen molar-refractivity contribution in [2.45, 2.75) is 51.7 Å². The van der Waals surface area contributed by atoms with Gasteiger partial charge in [-0.1, -0.05) is 74.5 Å². The maximum atomic E-state index is 13.0. The standard InChI is InChI=1S/C24H28O4/c1-24(2)15-13-20(14-16-24)23(26)28-22(19-11-7-4-8-12-19)21(27-17-25)18-9-5-3-6-10-18/h3-12,17,20-22H,13-16H2,1-2H3/t21-,22?/m1/s1. The minimum Gasteiger partial charge on any atom is -0.455 e. The molecule has 0 spiro atoms. The minimum absolute atomic E-state index is 0.105. The van der Waals surface area contributed by atoms with Gasteiger partial charge in [0.1, 0.15) is 0 Å². The van der Waals surface area contributed by atoms with Crippen LogP contribution in [0.25, 0.3) is 0 Å². The second-order valence-corrected chi connectivity index (χ2v) is 8.27. The second kappa shape index (κ2) is 9.05. The maximum absolute atomic E-state index is 13.0. The van der Waals surface area contributed by atoms with E-state index >= 15 is 0 Å². The Hall–Kier alpha value is -2.62. The second-order valence-electron chi connectivity index (χ2n) is 8.27. The smallest absolute Gasteiger partial charge is 0.309 e. The van der Waals surface area contributed by atoms with Crippen molar-refractivity contribution in [3.05, 3.63) is 71.8 Å². The lowest BCUT2D eigenvalue weighted by Crippen LogP contribution is -2.30. The van der Waals surface area contributed by atoms with Crippen molar-refractivity contribution < 1.29 is 19.1 Å². The summed E-state index contributed by atoms with van der Waals surface area (Å²) in [4.78, 5) is 24.2. The molecule has 2 aromatic rings. The van der Waals surface area contributed by atoms with E-state index in [1.807, 2.05) is 60.7 Å². The zero-order valence-corrected chi connectivity index (χ0v) is 16.5. The van der Waals surface area contributed by atoms with Crippen molar-refractivity contribution >= 4 is 12.4 Å². The fourth-order valence-corrected chi connectivity index (χ4v) is 3.83. The molecule has 0 saturated heterocycles. The summed E-state index contributed by atoms with van der Waals surface area (Å²) >= 11 is 0. The molecule has 0 heterocycles. The van der Waals surface area contributed by atoms with Crippen LogP contribution in [0.1, 0.15) is 62.9 Å². The van der Waals surface area contributed by atoms with Gasteiger partial charge in [0.05, 0.1) is 5.92 Å². The number of rotatable bonds is 7. The van der Waals surface area contributed by atoms with Gasteiger partial charge < -0.3 is 9.47 Å². The van der Waals surface area contributed by atoms with Crippen LogP contribution < -0.4 is 0 Å². The molecule has 0 aliphatic heterocycles. The highest BCUT2D eigenvalue weighted by Crippen LogP contribution is 2.40. The highest BCUT2D eigenvalue weighted by Gasteiger charge is 2.35. The number of ether oxygens (including phenoxy) is 2. The van der Waals surface area contributed by atoms with Crippen molar-refractivity contribution in [2.24, 2.45) is 11.3 Å². The Morgan fingerprint density at radius 2 is 1.43 bits per heavy atom. The van der Waals surface area contributed by atoms with Gasteiger partial charge in [-0.15, -0.1) is 0 Å². The van der Waals surface area contributed by atoms with Crippen LogP contribution in [-0.4, -0.2) is 12.4 Å². The Kier molecular flexibility index (Phi) is 6.50. The van der Waals surface area contributed by atoms with Crippen molar-refractivity contribution in [1.82, 2.24) is 0 Å². The van der Waals surface area contributed by atoms with Crippen LogP contribution in [0.15, 0.2) is 60.7 Å². The topological polar surface area (TPSA) is 52.6 Å². The molecule has 0 aromatic heterocycles. The van der Waals surface area contributed by atoms with E-state index in [4.69, 9.17) is 9.47 Å². The van der Waals surface area contributed by atoms with Crippen LogP contribution in [0, 0.1) is 11.3 Å². The molecule has 2 atom stereocenters. The summed E-state index contributed by atoms with van der Waals surface area (Å²) in [6.45, 7) is 4.90. The SMILES string of the molecule is CC1(C)CCC(C(=O)OC(c2ccccc2)[C@H](OC=O)c2ccccc2)CC1. The van der Waals surface area contributed by atoms with Crippen molar-refractivity contribution in [2.75, 3.05) is 0 Å². The average molecular weight is 380 g/mol. The van der Waals surface area contributed by atoms with Gasteiger partial charge in [0.15, 0.2) is 12.2 Å². The van der Waals surface area contributed by atoms with Crippen LogP contribution in [0.5, 0.6) is 0 Å². The molecule has 28 heavy (non-hydrogen) atoms. The minimum atomic E-state index is -0.690. The fraction of sp³-hybridized carbons (Fsp3) is 0.417. The summed E-state index contributed by atoms with van der Waals surface area (Å²) in [5.74, 6) is -0.313. The first-order valence-corrected chi connectivity index (χ1v) is 9.90. The summed E-state index contributed by atoms with van der Waals surface area (Å²) in [7, 11) is 0. The van der Waals surface area contributed by atoms with E-state index in [2.05, 4.69) is 13.8 Å². The normalized spacial score (nSPS) is 18.6. The van der Waals surface area contributed by atoms with Gasteiger partial charge in [-0.3, -0.25) is 9.59 Å². The number of esters is 1. The molecule has 0 bridgehead atoms. The Balaban J connectivity index is 1.85. The molecule has 1 aliphatic carbocycles. The molecule has 4 heteroatoms. The molecule has 0 radical (unpaired) electrons. The molecular formula is C24H28O4. The summed E-state index contributed by atoms with van der Waals surface area (Å²) in [6.07, 6.45) is 2.31. The van der Waals surface area contributed by atoms with Crippen LogP contribution in [0.3, 0.4) is 0 Å². The van der Waals surface area contributed by atoms with E-state index in [0.29, 0.717) is 6.47 Å². The zero-order valence-electron chi connectivity index (χ0n) is 16.5. The number of hydrogen-bond donors (Lipinski definition) is 0. The van der Waals surface area contributed by atoms with Crippen LogP contribution in [0.2, 0.25) is 0 Å². The van der Waals surface area contributed by atoms with E-state index < -0.39 is 12.2 Å². The predicted octanol–water partition coefficient (Wildman–Crippen LogP) is 5.40. The first-order valence-electron chi connectivity index (χ1n) is 9.90. The maximum Gasteiger partial charge on any atom is 0.309 e. The molecule has 0 amide bonds. The number of hydrogen-bond acceptors (Lipinski definition) is 4. The molecule has 0 N–H and O–H groups in total. The van der Waals surface area contributed by atoms with Crippen LogP contribution in [-0.2, 0) is 19.1 Å². The monoisotopic (exact) mass is 380 g/mol. The molecule has 1 fully saturated rings. The lowest BCUT2D eigenvalue weighted by atomic mass is 9.73. The van der Waals surface area contributed by atoms with Gasteiger partial charge in [-0.2, -0.15) is 0 Å². The third kappa shape index (κ3) is 5.00. The van der Waals surface area contributed by atoms with E-state index in [0.717, 1.165) is 36.8 Å². The van der Waals surface area contributed by atoms with Gasteiger partial charge in [0, 0.05) is 0 Å². The lowest BCUT2D eigenvalue weighted by molar-refractivity contribution is -0.168. The largest absolute Gasteiger partial charge is 0.455 e. The third-order valence-electron chi connectivity index (χ3n) is 5.65. The highest BCUT2D eigenvalue weighted by molar-refractivity contribution is 5.73. The molecule has 4 nitrogen and oxygen atoms in total. The fourth-order valence-electron chi connectivity index (χ4n) is 3.83. The first-order chi connectivity index (χ1) is 13.5. The zero-order chi connectivity index (χ0) is 20.0. The molecule has 1 unspecified atom stereocenters. The lowest BCUT2D eigenvalue weighted by Gasteiger charge is -2.34. The van der Waals surface area contributed by atoms with Crippen molar-refractivity contribution in [3.63, 3.8) is 0 Å². The Morgan fingerprint density at radius 1 is 0.929 bits per heavy atom.